The molecule has 0 radical (unpaired) electrons. The van der Waals surface area contributed by atoms with Crippen LogP contribution in [-0.2, 0) is 0 Å². The van der Waals surface area contributed by atoms with Crippen molar-refractivity contribution in [1.82, 2.24) is 5.32 Å². The van der Waals surface area contributed by atoms with E-state index in [4.69, 9.17) is 9.15 Å². The predicted molar refractivity (Wildman–Crippen MR) is 93.9 cm³/mol. The maximum absolute atomic E-state index is 5.70. The lowest BCUT2D eigenvalue weighted by Crippen LogP contribution is -2.22. The van der Waals surface area contributed by atoms with Crippen LogP contribution in [0.25, 0.3) is 10.8 Å². The first kappa shape index (κ1) is 15.6. The number of nitrogens with one attached hydrogen (secondary N) is 1. The summed E-state index contributed by atoms with van der Waals surface area (Å²) in [6, 6.07) is 17.1. The van der Waals surface area contributed by atoms with Crippen molar-refractivity contribution in [1.29, 1.82) is 0 Å². The first-order chi connectivity index (χ1) is 11.1. The Kier molecular flexibility index (Phi) is 4.39. The molecule has 23 heavy (non-hydrogen) atoms. The molecule has 0 bridgehead atoms. The Bertz CT molecular complexity index is 806. The molecule has 0 amide bonds. The molecule has 0 fully saturated rings. The molecule has 0 spiro atoms. The maximum Gasteiger partial charge on any atom is 0.120 e. The van der Waals surface area contributed by atoms with Crippen molar-refractivity contribution in [3.05, 3.63) is 65.6 Å². The third-order valence-electron chi connectivity index (χ3n) is 4.26. The third-order valence-corrected chi connectivity index (χ3v) is 4.26. The van der Waals surface area contributed by atoms with Gasteiger partial charge >= 0.3 is 0 Å². The Morgan fingerprint density at radius 2 is 1.65 bits per heavy atom. The Balaban J connectivity index is 1.79. The number of aryl methyl sites for hydroxylation is 1. The van der Waals surface area contributed by atoms with Crippen molar-refractivity contribution in [3.63, 3.8) is 0 Å². The first-order valence-corrected chi connectivity index (χ1v) is 7.97. The Morgan fingerprint density at radius 1 is 0.913 bits per heavy atom. The molecule has 0 saturated carbocycles. The summed E-state index contributed by atoms with van der Waals surface area (Å²) in [6.45, 7) is 6.27. The summed E-state index contributed by atoms with van der Waals surface area (Å²) < 4.78 is 11.0. The van der Waals surface area contributed by atoms with E-state index in [0.29, 0.717) is 0 Å². The van der Waals surface area contributed by atoms with Crippen LogP contribution in [0.3, 0.4) is 0 Å². The second-order valence-electron chi connectivity index (χ2n) is 6.03. The van der Waals surface area contributed by atoms with Gasteiger partial charge in [-0.05, 0) is 67.4 Å². The standard InChI is InChI=1S/C20H23NO2/c1-13-5-10-20(23-13)15(3)21-14(2)16-6-7-18-12-19(22-4)9-8-17(18)11-16/h5-12,14-15,21H,1-4H3. The van der Waals surface area contributed by atoms with E-state index < -0.39 is 0 Å². The second-order valence-corrected chi connectivity index (χ2v) is 6.03. The van der Waals surface area contributed by atoms with Crippen molar-refractivity contribution in [2.45, 2.75) is 32.9 Å². The van der Waals surface area contributed by atoms with Gasteiger partial charge in [0.1, 0.15) is 17.3 Å². The van der Waals surface area contributed by atoms with Crippen molar-refractivity contribution in [3.8, 4) is 5.75 Å². The van der Waals surface area contributed by atoms with E-state index in [-0.39, 0.29) is 12.1 Å². The summed E-state index contributed by atoms with van der Waals surface area (Å²) >= 11 is 0. The Labute approximate surface area is 137 Å². The normalized spacial score (nSPS) is 13.9. The van der Waals surface area contributed by atoms with Gasteiger partial charge in [0.05, 0.1) is 13.2 Å². The molecular formula is C20H23NO2. The van der Waals surface area contributed by atoms with Gasteiger partial charge < -0.3 is 14.5 Å². The zero-order valence-electron chi connectivity index (χ0n) is 14.1. The van der Waals surface area contributed by atoms with Gasteiger partial charge in [-0.3, -0.25) is 0 Å². The molecule has 1 N–H and O–H groups in total. The van der Waals surface area contributed by atoms with E-state index in [9.17, 15) is 0 Å². The van der Waals surface area contributed by atoms with Gasteiger partial charge in [-0.15, -0.1) is 0 Å². The van der Waals surface area contributed by atoms with Crippen molar-refractivity contribution in [2.24, 2.45) is 0 Å². The monoisotopic (exact) mass is 309 g/mol. The SMILES string of the molecule is COc1ccc2cc(C(C)NC(C)c3ccc(C)o3)ccc2c1. The molecule has 0 aliphatic heterocycles. The van der Waals surface area contributed by atoms with Crippen LogP contribution in [0.2, 0.25) is 0 Å². The highest BCUT2D eigenvalue weighted by atomic mass is 16.5. The average molecular weight is 309 g/mol. The summed E-state index contributed by atoms with van der Waals surface area (Å²) in [4.78, 5) is 0. The summed E-state index contributed by atoms with van der Waals surface area (Å²) in [7, 11) is 1.69. The molecule has 0 aliphatic rings. The lowest BCUT2D eigenvalue weighted by Gasteiger charge is -2.19. The van der Waals surface area contributed by atoms with E-state index in [1.807, 2.05) is 25.1 Å². The lowest BCUT2D eigenvalue weighted by molar-refractivity contribution is 0.392. The fourth-order valence-corrected chi connectivity index (χ4v) is 2.88. The summed E-state index contributed by atoms with van der Waals surface area (Å²) in [5.74, 6) is 2.80. The minimum absolute atomic E-state index is 0.172. The number of fused-ring (bicyclic) bond motifs is 1. The maximum atomic E-state index is 5.70. The van der Waals surface area contributed by atoms with E-state index in [1.165, 1.54) is 16.3 Å². The number of furan rings is 1. The molecule has 2 atom stereocenters. The molecule has 2 unspecified atom stereocenters. The molecule has 120 valence electrons. The van der Waals surface area contributed by atoms with Crippen molar-refractivity contribution >= 4 is 10.8 Å². The highest BCUT2D eigenvalue weighted by molar-refractivity contribution is 5.84. The fraction of sp³-hybridized carbons (Fsp3) is 0.300. The average Bonchev–Trinajstić information content (AvgIpc) is 3.00. The highest BCUT2D eigenvalue weighted by Gasteiger charge is 2.14. The molecule has 3 aromatic rings. The van der Waals surface area contributed by atoms with Crippen molar-refractivity contribution < 1.29 is 9.15 Å². The van der Waals surface area contributed by atoms with Crippen LogP contribution in [-0.4, -0.2) is 7.11 Å². The van der Waals surface area contributed by atoms with E-state index in [2.05, 4.69) is 49.5 Å². The van der Waals surface area contributed by atoms with E-state index in [1.54, 1.807) is 7.11 Å². The van der Waals surface area contributed by atoms with Gasteiger partial charge in [0.15, 0.2) is 0 Å². The van der Waals surface area contributed by atoms with Crippen molar-refractivity contribution in [2.75, 3.05) is 7.11 Å². The van der Waals surface area contributed by atoms with Gasteiger partial charge in [-0.25, -0.2) is 0 Å². The Hall–Kier alpha value is -2.26. The summed E-state index contributed by atoms with van der Waals surface area (Å²) in [5.41, 5.74) is 1.26. The van der Waals surface area contributed by atoms with Crippen LogP contribution >= 0.6 is 0 Å². The van der Waals surface area contributed by atoms with Gasteiger partial charge in [0.2, 0.25) is 0 Å². The molecule has 2 aromatic carbocycles. The number of ether oxygens (including phenoxy) is 1. The number of rotatable bonds is 5. The van der Waals surface area contributed by atoms with E-state index >= 15 is 0 Å². The number of hydrogen-bond donors (Lipinski definition) is 1. The van der Waals surface area contributed by atoms with Crippen LogP contribution in [0.15, 0.2) is 52.9 Å². The number of hydrogen-bond acceptors (Lipinski definition) is 3. The van der Waals surface area contributed by atoms with E-state index in [0.717, 1.165) is 17.3 Å². The molecule has 1 aromatic heterocycles. The topological polar surface area (TPSA) is 34.4 Å². The van der Waals surface area contributed by atoms with Crippen LogP contribution in [0.4, 0.5) is 0 Å². The molecule has 3 rings (SSSR count). The van der Waals surface area contributed by atoms with Gasteiger partial charge in [0, 0.05) is 6.04 Å². The van der Waals surface area contributed by atoms with Crippen LogP contribution in [0.5, 0.6) is 5.75 Å². The van der Waals surface area contributed by atoms with Gasteiger partial charge in [-0.2, -0.15) is 0 Å². The molecular weight excluding hydrogens is 286 g/mol. The second kappa shape index (κ2) is 6.47. The Morgan fingerprint density at radius 3 is 2.35 bits per heavy atom. The molecule has 0 aliphatic carbocycles. The fourth-order valence-electron chi connectivity index (χ4n) is 2.88. The largest absolute Gasteiger partial charge is 0.497 e. The minimum Gasteiger partial charge on any atom is -0.497 e. The zero-order chi connectivity index (χ0) is 16.4. The molecule has 3 nitrogen and oxygen atoms in total. The molecule has 0 saturated heterocycles. The van der Waals surface area contributed by atoms with Gasteiger partial charge in [-0.1, -0.05) is 18.2 Å². The first-order valence-electron chi connectivity index (χ1n) is 7.97. The number of methoxy groups -OCH3 is 1. The highest BCUT2D eigenvalue weighted by Crippen LogP contribution is 2.26. The van der Waals surface area contributed by atoms with Gasteiger partial charge in [0.25, 0.3) is 0 Å². The smallest absolute Gasteiger partial charge is 0.120 e. The minimum atomic E-state index is 0.172. The number of benzene rings is 2. The third kappa shape index (κ3) is 3.40. The predicted octanol–water partition coefficient (Wildman–Crippen LogP) is 5.16. The molecule has 3 heteroatoms. The summed E-state index contributed by atoms with van der Waals surface area (Å²) in [5, 5.41) is 6.01. The van der Waals surface area contributed by atoms with Crippen LogP contribution < -0.4 is 10.1 Å². The lowest BCUT2D eigenvalue weighted by atomic mass is 10.0. The van der Waals surface area contributed by atoms with Crippen LogP contribution in [0.1, 0.15) is 43.0 Å². The summed E-state index contributed by atoms with van der Waals surface area (Å²) in [6.07, 6.45) is 0. The zero-order valence-corrected chi connectivity index (χ0v) is 14.1. The van der Waals surface area contributed by atoms with Crippen LogP contribution in [0, 0.1) is 6.92 Å². The quantitative estimate of drug-likeness (QED) is 0.706. The molecule has 1 heterocycles.